The maximum Gasteiger partial charge on any atom is 0.0368 e. The van der Waals surface area contributed by atoms with Crippen LogP contribution in [0.3, 0.4) is 0 Å². The van der Waals surface area contributed by atoms with Gasteiger partial charge in [0.2, 0.25) is 0 Å². The number of benzene rings is 1. The average molecular weight is 232 g/mol. The van der Waals surface area contributed by atoms with Crippen LogP contribution in [-0.4, -0.2) is 18.6 Å². The van der Waals surface area contributed by atoms with Gasteiger partial charge in [-0.1, -0.05) is 17.7 Å². The van der Waals surface area contributed by atoms with E-state index in [9.17, 15) is 0 Å². The summed E-state index contributed by atoms with van der Waals surface area (Å²) < 4.78 is 0. The SMILES string of the molecule is CCN(c1ccc(C)cc1)C1CCCC(N)C1. The highest BCUT2D eigenvalue weighted by Crippen LogP contribution is 2.26. The predicted octanol–water partition coefficient (Wildman–Crippen LogP) is 3.09. The van der Waals surface area contributed by atoms with Crippen LogP contribution in [0.25, 0.3) is 0 Å². The van der Waals surface area contributed by atoms with Crippen LogP contribution >= 0.6 is 0 Å². The molecular formula is C15H24N2. The summed E-state index contributed by atoms with van der Waals surface area (Å²) in [6, 6.07) is 9.89. The van der Waals surface area contributed by atoms with Crippen molar-refractivity contribution < 1.29 is 0 Å². The number of nitrogens with zero attached hydrogens (tertiary/aromatic N) is 1. The van der Waals surface area contributed by atoms with Crippen molar-refractivity contribution in [3.8, 4) is 0 Å². The van der Waals surface area contributed by atoms with E-state index in [1.54, 1.807) is 0 Å². The molecule has 94 valence electrons. The van der Waals surface area contributed by atoms with E-state index in [1.807, 2.05) is 0 Å². The van der Waals surface area contributed by atoms with Crippen molar-refractivity contribution in [2.24, 2.45) is 5.73 Å². The standard InChI is InChI=1S/C15H24N2/c1-3-17(14-9-7-12(2)8-10-14)15-6-4-5-13(16)11-15/h7-10,13,15H,3-6,11,16H2,1-2H3. The van der Waals surface area contributed by atoms with Crippen molar-refractivity contribution in [3.05, 3.63) is 29.8 Å². The summed E-state index contributed by atoms with van der Waals surface area (Å²) in [6.07, 6.45) is 4.90. The highest BCUT2D eigenvalue weighted by Gasteiger charge is 2.24. The second kappa shape index (κ2) is 5.54. The first-order chi connectivity index (χ1) is 8.20. The number of anilines is 1. The topological polar surface area (TPSA) is 29.3 Å². The van der Waals surface area contributed by atoms with Gasteiger partial charge in [-0.2, -0.15) is 0 Å². The van der Waals surface area contributed by atoms with Crippen molar-refractivity contribution in [1.29, 1.82) is 0 Å². The molecule has 0 saturated heterocycles. The Bertz CT molecular complexity index is 344. The number of aryl methyl sites for hydroxylation is 1. The van der Waals surface area contributed by atoms with Gasteiger partial charge in [0.05, 0.1) is 0 Å². The molecule has 1 aromatic carbocycles. The molecule has 0 aromatic heterocycles. The van der Waals surface area contributed by atoms with Gasteiger partial charge in [0.15, 0.2) is 0 Å². The molecule has 0 amide bonds. The predicted molar refractivity (Wildman–Crippen MR) is 74.4 cm³/mol. The van der Waals surface area contributed by atoms with E-state index in [-0.39, 0.29) is 0 Å². The Hall–Kier alpha value is -1.02. The second-order valence-electron chi connectivity index (χ2n) is 5.20. The van der Waals surface area contributed by atoms with E-state index in [0.29, 0.717) is 12.1 Å². The molecule has 0 aliphatic heterocycles. The van der Waals surface area contributed by atoms with E-state index in [4.69, 9.17) is 5.73 Å². The molecule has 1 aliphatic carbocycles. The van der Waals surface area contributed by atoms with Gasteiger partial charge in [0.25, 0.3) is 0 Å². The van der Waals surface area contributed by atoms with Crippen LogP contribution in [0.5, 0.6) is 0 Å². The second-order valence-corrected chi connectivity index (χ2v) is 5.20. The fourth-order valence-electron chi connectivity index (χ4n) is 2.87. The first-order valence-corrected chi connectivity index (χ1v) is 6.79. The maximum absolute atomic E-state index is 6.09. The molecule has 2 rings (SSSR count). The highest BCUT2D eigenvalue weighted by atomic mass is 15.2. The molecule has 2 heteroatoms. The third kappa shape index (κ3) is 3.01. The molecule has 2 atom stereocenters. The average Bonchev–Trinajstić information content (AvgIpc) is 2.33. The minimum Gasteiger partial charge on any atom is -0.369 e. The molecule has 1 fully saturated rings. The first-order valence-electron chi connectivity index (χ1n) is 6.79. The van der Waals surface area contributed by atoms with Crippen molar-refractivity contribution in [1.82, 2.24) is 0 Å². The van der Waals surface area contributed by atoms with Crippen LogP contribution in [0, 0.1) is 6.92 Å². The summed E-state index contributed by atoms with van der Waals surface area (Å²) in [6.45, 7) is 5.44. The third-order valence-corrected chi connectivity index (χ3v) is 3.83. The van der Waals surface area contributed by atoms with Gasteiger partial charge in [-0.3, -0.25) is 0 Å². The Morgan fingerprint density at radius 2 is 1.94 bits per heavy atom. The lowest BCUT2D eigenvalue weighted by Gasteiger charge is -2.37. The molecule has 1 saturated carbocycles. The molecule has 0 bridgehead atoms. The number of rotatable bonds is 3. The summed E-state index contributed by atoms with van der Waals surface area (Å²) in [4.78, 5) is 2.51. The lowest BCUT2D eigenvalue weighted by molar-refractivity contribution is 0.375. The van der Waals surface area contributed by atoms with Crippen molar-refractivity contribution in [2.75, 3.05) is 11.4 Å². The van der Waals surface area contributed by atoms with Gasteiger partial charge in [0, 0.05) is 24.3 Å². The summed E-state index contributed by atoms with van der Waals surface area (Å²) in [5.74, 6) is 0. The molecule has 2 nitrogen and oxygen atoms in total. The number of hydrogen-bond donors (Lipinski definition) is 1. The Kier molecular flexibility index (Phi) is 4.06. The van der Waals surface area contributed by atoms with Crippen LogP contribution in [-0.2, 0) is 0 Å². The van der Waals surface area contributed by atoms with Crippen LogP contribution in [0.4, 0.5) is 5.69 Å². The molecule has 2 unspecified atom stereocenters. The molecule has 0 radical (unpaired) electrons. The van der Waals surface area contributed by atoms with Crippen LogP contribution in [0.1, 0.15) is 38.2 Å². The van der Waals surface area contributed by atoms with E-state index in [0.717, 1.165) is 13.0 Å². The molecule has 1 aromatic rings. The van der Waals surface area contributed by atoms with Gasteiger partial charge in [0.1, 0.15) is 0 Å². The molecule has 17 heavy (non-hydrogen) atoms. The summed E-state index contributed by atoms with van der Waals surface area (Å²) >= 11 is 0. The molecule has 1 aliphatic rings. The monoisotopic (exact) mass is 232 g/mol. The van der Waals surface area contributed by atoms with Gasteiger partial charge >= 0.3 is 0 Å². The first kappa shape index (κ1) is 12.4. The largest absolute Gasteiger partial charge is 0.369 e. The van der Waals surface area contributed by atoms with Crippen molar-refractivity contribution >= 4 is 5.69 Å². The Morgan fingerprint density at radius 3 is 2.53 bits per heavy atom. The van der Waals surface area contributed by atoms with Crippen LogP contribution in [0.2, 0.25) is 0 Å². The van der Waals surface area contributed by atoms with Gasteiger partial charge in [-0.15, -0.1) is 0 Å². The van der Waals surface area contributed by atoms with E-state index >= 15 is 0 Å². The lowest BCUT2D eigenvalue weighted by Crippen LogP contribution is -2.42. The molecular weight excluding hydrogens is 208 g/mol. The summed E-state index contributed by atoms with van der Waals surface area (Å²) in [5, 5.41) is 0. The van der Waals surface area contributed by atoms with Crippen LogP contribution < -0.4 is 10.6 Å². The zero-order valence-corrected chi connectivity index (χ0v) is 11.0. The maximum atomic E-state index is 6.09. The smallest absolute Gasteiger partial charge is 0.0368 e. The van der Waals surface area contributed by atoms with Crippen molar-refractivity contribution in [3.63, 3.8) is 0 Å². The highest BCUT2D eigenvalue weighted by molar-refractivity contribution is 5.48. The van der Waals surface area contributed by atoms with Gasteiger partial charge in [-0.25, -0.2) is 0 Å². The van der Waals surface area contributed by atoms with Gasteiger partial charge < -0.3 is 10.6 Å². The lowest BCUT2D eigenvalue weighted by atomic mass is 9.90. The number of hydrogen-bond acceptors (Lipinski definition) is 2. The zero-order chi connectivity index (χ0) is 12.3. The zero-order valence-electron chi connectivity index (χ0n) is 11.0. The third-order valence-electron chi connectivity index (χ3n) is 3.83. The summed E-state index contributed by atoms with van der Waals surface area (Å²) in [5.41, 5.74) is 8.76. The number of nitrogens with two attached hydrogens (primary N) is 1. The van der Waals surface area contributed by atoms with E-state index < -0.39 is 0 Å². The Morgan fingerprint density at radius 1 is 1.24 bits per heavy atom. The van der Waals surface area contributed by atoms with E-state index in [2.05, 4.69) is 43.0 Å². The molecule has 0 heterocycles. The van der Waals surface area contributed by atoms with Crippen molar-refractivity contribution in [2.45, 2.75) is 51.6 Å². The molecule has 0 spiro atoms. The van der Waals surface area contributed by atoms with Crippen LogP contribution in [0.15, 0.2) is 24.3 Å². The molecule has 2 N–H and O–H groups in total. The quantitative estimate of drug-likeness (QED) is 0.867. The fraction of sp³-hybridized carbons (Fsp3) is 0.600. The van der Waals surface area contributed by atoms with E-state index in [1.165, 1.54) is 30.5 Å². The summed E-state index contributed by atoms with van der Waals surface area (Å²) in [7, 11) is 0. The minimum absolute atomic E-state index is 0.397. The normalized spacial score (nSPS) is 24.6. The minimum atomic E-state index is 0.397. The Balaban J connectivity index is 2.12. The van der Waals surface area contributed by atoms with Gasteiger partial charge in [-0.05, 0) is 51.7 Å². The fourth-order valence-corrected chi connectivity index (χ4v) is 2.87. The Labute approximate surface area is 105 Å².